The van der Waals surface area contributed by atoms with Crippen molar-refractivity contribution < 1.29 is 9.13 Å². The normalized spacial score (nSPS) is 10.6. The van der Waals surface area contributed by atoms with Gasteiger partial charge < -0.3 is 10.1 Å². The topological polar surface area (TPSA) is 21.3 Å². The average molecular weight is 229 g/mol. The van der Waals surface area contributed by atoms with Crippen molar-refractivity contribution >= 4 is 11.8 Å². The molecule has 0 amide bonds. The van der Waals surface area contributed by atoms with Crippen LogP contribution in [0.4, 0.5) is 4.39 Å². The number of hydrogen-bond acceptors (Lipinski definition) is 3. The Morgan fingerprint density at radius 2 is 2.27 bits per heavy atom. The highest BCUT2D eigenvalue weighted by Gasteiger charge is 2.07. The number of halogens is 1. The van der Waals surface area contributed by atoms with E-state index in [4.69, 9.17) is 4.74 Å². The van der Waals surface area contributed by atoms with Crippen LogP contribution >= 0.6 is 11.8 Å². The fraction of sp³-hybridized carbons (Fsp3) is 0.455. The number of hydrogen-bond donors (Lipinski definition) is 1. The van der Waals surface area contributed by atoms with Crippen LogP contribution in [0.2, 0.25) is 0 Å². The van der Waals surface area contributed by atoms with Crippen LogP contribution in [0.1, 0.15) is 5.56 Å². The van der Waals surface area contributed by atoms with Gasteiger partial charge in [0, 0.05) is 24.3 Å². The van der Waals surface area contributed by atoms with E-state index in [0.717, 1.165) is 16.2 Å². The first kappa shape index (κ1) is 12.5. The van der Waals surface area contributed by atoms with Crippen molar-refractivity contribution in [2.75, 3.05) is 26.5 Å². The third-order valence-corrected chi connectivity index (χ3v) is 3.07. The maximum Gasteiger partial charge on any atom is 0.137 e. The fourth-order valence-electron chi connectivity index (χ4n) is 1.27. The maximum atomic E-state index is 13.5. The number of rotatable bonds is 6. The molecule has 1 aromatic carbocycles. The molecule has 0 aliphatic carbocycles. The molecular formula is C11H16FNOS. The van der Waals surface area contributed by atoms with Crippen LogP contribution in [-0.4, -0.2) is 26.5 Å². The summed E-state index contributed by atoms with van der Waals surface area (Å²) in [4.78, 5) is 0.726. The van der Waals surface area contributed by atoms with Crippen molar-refractivity contribution in [3.63, 3.8) is 0 Å². The van der Waals surface area contributed by atoms with E-state index < -0.39 is 0 Å². The fourth-order valence-corrected chi connectivity index (χ4v) is 2.26. The molecule has 1 N–H and O–H groups in total. The lowest BCUT2D eigenvalue weighted by Crippen LogP contribution is -2.07. The molecule has 0 bridgehead atoms. The second-order valence-electron chi connectivity index (χ2n) is 3.10. The predicted octanol–water partition coefficient (Wildman–Crippen LogP) is 2.28. The minimum atomic E-state index is -0.149. The Kier molecular flexibility index (Phi) is 5.68. The molecule has 4 heteroatoms. The van der Waals surface area contributed by atoms with E-state index in [-0.39, 0.29) is 5.82 Å². The van der Waals surface area contributed by atoms with Gasteiger partial charge in [0.2, 0.25) is 0 Å². The number of ether oxygens (including phenoxy) is 1. The second kappa shape index (κ2) is 6.82. The lowest BCUT2D eigenvalue weighted by Gasteiger charge is -2.09. The van der Waals surface area contributed by atoms with Gasteiger partial charge in [-0.15, -0.1) is 11.8 Å². The molecule has 0 heterocycles. The van der Waals surface area contributed by atoms with Crippen LogP contribution in [0.5, 0.6) is 0 Å². The SMILES string of the molecule is CNCc1cccc(F)c1SCCOC. The molecule has 1 rings (SSSR count). The lowest BCUT2D eigenvalue weighted by molar-refractivity contribution is 0.218. The summed E-state index contributed by atoms with van der Waals surface area (Å²) < 4.78 is 18.5. The van der Waals surface area contributed by atoms with E-state index in [2.05, 4.69) is 5.32 Å². The molecule has 0 saturated carbocycles. The van der Waals surface area contributed by atoms with E-state index in [1.165, 1.54) is 17.8 Å². The monoisotopic (exact) mass is 229 g/mol. The van der Waals surface area contributed by atoms with Gasteiger partial charge >= 0.3 is 0 Å². The molecule has 0 saturated heterocycles. The minimum absolute atomic E-state index is 0.149. The molecule has 15 heavy (non-hydrogen) atoms. The number of thioether (sulfide) groups is 1. The van der Waals surface area contributed by atoms with Gasteiger partial charge in [-0.3, -0.25) is 0 Å². The summed E-state index contributed by atoms with van der Waals surface area (Å²) in [6.07, 6.45) is 0. The van der Waals surface area contributed by atoms with E-state index in [1.54, 1.807) is 13.2 Å². The summed E-state index contributed by atoms with van der Waals surface area (Å²) in [7, 11) is 3.50. The summed E-state index contributed by atoms with van der Waals surface area (Å²) in [5.41, 5.74) is 0.999. The van der Waals surface area contributed by atoms with Gasteiger partial charge in [0.05, 0.1) is 6.61 Å². The van der Waals surface area contributed by atoms with Crippen LogP contribution in [0.15, 0.2) is 23.1 Å². The third-order valence-electron chi connectivity index (χ3n) is 1.95. The average Bonchev–Trinajstić information content (AvgIpc) is 2.23. The molecule has 0 aromatic heterocycles. The van der Waals surface area contributed by atoms with Crippen molar-refractivity contribution in [2.45, 2.75) is 11.4 Å². The van der Waals surface area contributed by atoms with Crippen molar-refractivity contribution in [1.29, 1.82) is 0 Å². The van der Waals surface area contributed by atoms with Crippen molar-refractivity contribution in [3.8, 4) is 0 Å². The Bertz CT molecular complexity index is 307. The Hall–Kier alpha value is -0.580. The van der Waals surface area contributed by atoms with Crippen LogP contribution < -0.4 is 5.32 Å². The first-order chi connectivity index (χ1) is 7.29. The largest absolute Gasteiger partial charge is 0.384 e. The van der Waals surface area contributed by atoms with Crippen LogP contribution in [0.3, 0.4) is 0 Å². The number of methoxy groups -OCH3 is 1. The van der Waals surface area contributed by atoms with E-state index in [0.29, 0.717) is 13.2 Å². The molecule has 84 valence electrons. The molecule has 0 radical (unpaired) electrons. The van der Waals surface area contributed by atoms with Gasteiger partial charge in [-0.05, 0) is 18.7 Å². The van der Waals surface area contributed by atoms with E-state index >= 15 is 0 Å². The molecule has 0 unspecified atom stereocenters. The summed E-state index contributed by atoms with van der Waals surface area (Å²) in [6, 6.07) is 5.17. The van der Waals surface area contributed by atoms with Gasteiger partial charge in [0.1, 0.15) is 5.82 Å². The first-order valence-electron chi connectivity index (χ1n) is 4.83. The van der Waals surface area contributed by atoms with Gasteiger partial charge in [-0.1, -0.05) is 12.1 Å². The zero-order chi connectivity index (χ0) is 11.1. The molecule has 0 aliphatic heterocycles. The number of nitrogens with one attached hydrogen (secondary N) is 1. The van der Waals surface area contributed by atoms with Gasteiger partial charge in [0.15, 0.2) is 0 Å². The Labute approximate surface area is 94.2 Å². The van der Waals surface area contributed by atoms with Crippen molar-refractivity contribution in [3.05, 3.63) is 29.6 Å². The molecule has 0 atom stereocenters. The standard InChI is InChI=1S/C11H16FNOS/c1-13-8-9-4-3-5-10(12)11(9)15-7-6-14-2/h3-5,13H,6-8H2,1-2H3. The van der Waals surface area contributed by atoms with E-state index in [9.17, 15) is 4.39 Å². The number of benzene rings is 1. The first-order valence-corrected chi connectivity index (χ1v) is 5.82. The minimum Gasteiger partial charge on any atom is -0.384 e. The summed E-state index contributed by atoms with van der Waals surface area (Å²) >= 11 is 1.50. The molecular weight excluding hydrogens is 213 g/mol. The van der Waals surface area contributed by atoms with Crippen molar-refractivity contribution in [1.82, 2.24) is 5.32 Å². The predicted molar refractivity (Wildman–Crippen MR) is 61.8 cm³/mol. The second-order valence-corrected chi connectivity index (χ2v) is 4.20. The Morgan fingerprint density at radius 1 is 1.47 bits per heavy atom. The quantitative estimate of drug-likeness (QED) is 0.597. The Balaban J connectivity index is 2.72. The molecule has 0 fully saturated rings. The zero-order valence-corrected chi connectivity index (χ0v) is 9.86. The van der Waals surface area contributed by atoms with Crippen LogP contribution in [-0.2, 0) is 11.3 Å². The zero-order valence-electron chi connectivity index (χ0n) is 9.05. The molecule has 0 aliphatic rings. The van der Waals surface area contributed by atoms with Gasteiger partial charge in [0.25, 0.3) is 0 Å². The highest BCUT2D eigenvalue weighted by atomic mass is 32.2. The van der Waals surface area contributed by atoms with Gasteiger partial charge in [-0.2, -0.15) is 0 Å². The highest BCUT2D eigenvalue weighted by molar-refractivity contribution is 7.99. The third kappa shape index (κ3) is 3.81. The summed E-state index contributed by atoms with van der Waals surface area (Å²) in [5, 5.41) is 3.03. The van der Waals surface area contributed by atoms with E-state index in [1.807, 2.05) is 13.1 Å². The molecule has 0 spiro atoms. The summed E-state index contributed by atoms with van der Waals surface area (Å²) in [5.74, 6) is 0.623. The van der Waals surface area contributed by atoms with Crippen LogP contribution in [0, 0.1) is 5.82 Å². The van der Waals surface area contributed by atoms with Crippen LogP contribution in [0.25, 0.3) is 0 Å². The molecule has 1 aromatic rings. The lowest BCUT2D eigenvalue weighted by atomic mass is 10.2. The highest BCUT2D eigenvalue weighted by Crippen LogP contribution is 2.25. The smallest absolute Gasteiger partial charge is 0.137 e. The summed E-state index contributed by atoms with van der Waals surface area (Å²) in [6.45, 7) is 1.32. The van der Waals surface area contributed by atoms with Gasteiger partial charge in [-0.25, -0.2) is 4.39 Å². The maximum absolute atomic E-state index is 13.5. The van der Waals surface area contributed by atoms with Crippen molar-refractivity contribution in [2.24, 2.45) is 0 Å². The Morgan fingerprint density at radius 3 is 2.93 bits per heavy atom. The molecule has 2 nitrogen and oxygen atoms in total.